The van der Waals surface area contributed by atoms with Gasteiger partial charge in [-0.1, -0.05) is 6.08 Å². The van der Waals surface area contributed by atoms with Crippen LogP contribution in [0.2, 0.25) is 0 Å². The van der Waals surface area contributed by atoms with E-state index >= 15 is 0 Å². The van der Waals surface area contributed by atoms with Crippen molar-refractivity contribution < 1.29 is 35.5 Å². The maximum Gasteiger partial charge on any atom is 0.432 e. The Labute approximate surface area is 161 Å². The maximum absolute atomic E-state index is 14.4. The van der Waals surface area contributed by atoms with Crippen LogP contribution in [0.4, 0.5) is 30.7 Å². The molecule has 0 aromatic heterocycles. The lowest BCUT2D eigenvalue weighted by atomic mass is 10.0. The molecule has 0 bridgehead atoms. The Morgan fingerprint density at radius 2 is 1.52 bits per heavy atom. The van der Waals surface area contributed by atoms with Gasteiger partial charge in [-0.15, -0.1) is 6.58 Å². The Morgan fingerprint density at radius 1 is 0.862 bits per heavy atom. The molecule has 0 atom stereocenters. The van der Waals surface area contributed by atoms with E-state index in [2.05, 4.69) is 11.3 Å². The van der Waals surface area contributed by atoms with Crippen LogP contribution in [0.3, 0.4) is 0 Å². The highest BCUT2D eigenvalue weighted by atomic mass is 19.3. The van der Waals surface area contributed by atoms with E-state index in [1.165, 1.54) is 6.08 Å². The van der Waals surface area contributed by atoms with Crippen molar-refractivity contribution in [3.05, 3.63) is 89.3 Å². The molecule has 0 radical (unpaired) electrons. The summed E-state index contributed by atoms with van der Waals surface area (Å²) < 4.78 is 102. The van der Waals surface area contributed by atoms with E-state index < -0.39 is 46.5 Å². The van der Waals surface area contributed by atoms with E-state index in [0.29, 0.717) is 12.5 Å². The molecule has 0 spiro atoms. The summed E-state index contributed by atoms with van der Waals surface area (Å²) in [5.74, 6) is -8.36. The summed E-state index contributed by atoms with van der Waals surface area (Å²) in [6, 6.07) is 4.69. The first-order valence-electron chi connectivity index (χ1n) is 8.37. The predicted octanol–water partition coefficient (Wildman–Crippen LogP) is 6.78. The van der Waals surface area contributed by atoms with Crippen LogP contribution >= 0.6 is 0 Å². The van der Waals surface area contributed by atoms with Gasteiger partial charge in [-0.2, -0.15) is 8.78 Å². The first-order chi connectivity index (χ1) is 13.6. The van der Waals surface area contributed by atoms with Gasteiger partial charge < -0.3 is 4.74 Å². The smallest absolute Gasteiger partial charge is 0.429 e. The Morgan fingerprint density at radius 3 is 2.14 bits per heavy atom. The molecule has 3 aromatic carbocycles. The molecule has 0 saturated carbocycles. The molecule has 0 N–H and O–H groups in total. The minimum Gasteiger partial charge on any atom is -0.429 e. The normalized spacial score (nSPS) is 11.7. The fourth-order valence-electron chi connectivity index (χ4n) is 2.86. The number of allylic oxidation sites excluding steroid dienone is 1. The average Bonchev–Trinajstić information content (AvgIpc) is 2.63. The van der Waals surface area contributed by atoms with Crippen LogP contribution in [0.1, 0.15) is 17.5 Å². The molecule has 0 fully saturated rings. The number of halogens is 7. The standard InChI is InChI=1S/C21H13F7O/c1-2-3-4-11-7-15(22)18(16(23)8-11)21(27,28)29-13-5-6-14-12(9-13)10-17(24)20(26)19(14)25/h2,5-10H,1,3-4H2. The van der Waals surface area contributed by atoms with Crippen LogP contribution < -0.4 is 4.74 Å². The van der Waals surface area contributed by atoms with Crippen LogP contribution in [-0.4, -0.2) is 0 Å². The fraction of sp³-hybridized carbons (Fsp3) is 0.143. The molecule has 29 heavy (non-hydrogen) atoms. The summed E-state index contributed by atoms with van der Waals surface area (Å²) >= 11 is 0. The van der Waals surface area contributed by atoms with Crippen LogP contribution in [0.5, 0.6) is 5.75 Å². The number of hydrogen-bond donors (Lipinski definition) is 0. The largest absolute Gasteiger partial charge is 0.432 e. The molecule has 1 nitrogen and oxygen atoms in total. The van der Waals surface area contributed by atoms with E-state index in [-0.39, 0.29) is 22.8 Å². The second-order valence-corrected chi connectivity index (χ2v) is 6.25. The molecule has 3 rings (SSSR count). The van der Waals surface area contributed by atoms with Crippen molar-refractivity contribution in [3.63, 3.8) is 0 Å². The highest BCUT2D eigenvalue weighted by Crippen LogP contribution is 2.37. The van der Waals surface area contributed by atoms with Gasteiger partial charge in [0.25, 0.3) is 0 Å². The van der Waals surface area contributed by atoms with Crippen molar-refractivity contribution in [2.75, 3.05) is 0 Å². The second kappa shape index (κ2) is 7.77. The van der Waals surface area contributed by atoms with Gasteiger partial charge in [0.1, 0.15) is 22.9 Å². The van der Waals surface area contributed by atoms with Crippen molar-refractivity contribution in [2.24, 2.45) is 0 Å². The lowest BCUT2D eigenvalue weighted by molar-refractivity contribution is -0.189. The molecule has 0 heterocycles. The maximum atomic E-state index is 14.4. The van der Waals surface area contributed by atoms with Crippen LogP contribution in [0, 0.1) is 29.1 Å². The van der Waals surface area contributed by atoms with Gasteiger partial charge in [0.15, 0.2) is 17.5 Å². The summed E-state index contributed by atoms with van der Waals surface area (Å²) in [5, 5.41) is -0.640. The van der Waals surface area contributed by atoms with Gasteiger partial charge in [0.2, 0.25) is 0 Å². The minimum absolute atomic E-state index is 0.165. The highest BCUT2D eigenvalue weighted by Gasteiger charge is 2.41. The van der Waals surface area contributed by atoms with Crippen molar-refractivity contribution in [1.82, 2.24) is 0 Å². The van der Waals surface area contributed by atoms with Gasteiger partial charge in [-0.25, -0.2) is 22.0 Å². The van der Waals surface area contributed by atoms with Crippen LogP contribution in [0.25, 0.3) is 10.8 Å². The molecular formula is C21H13F7O. The summed E-state index contributed by atoms with van der Waals surface area (Å²) in [7, 11) is 0. The Kier molecular flexibility index (Phi) is 5.55. The van der Waals surface area contributed by atoms with Crippen molar-refractivity contribution in [2.45, 2.75) is 19.0 Å². The van der Waals surface area contributed by atoms with Gasteiger partial charge >= 0.3 is 6.11 Å². The zero-order valence-corrected chi connectivity index (χ0v) is 14.7. The monoisotopic (exact) mass is 414 g/mol. The number of alkyl halides is 2. The molecule has 8 heteroatoms. The number of hydrogen-bond acceptors (Lipinski definition) is 1. The number of aryl methyl sites for hydroxylation is 1. The molecule has 0 aliphatic heterocycles. The van der Waals surface area contributed by atoms with Crippen molar-refractivity contribution in [1.29, 1.82) is 0 Å². The van der Waals surface area contributed by atoms with Gasteiger partial charge in [0, 0.05) is 5.39 Å². The first kappa shape index (κ1) is 20.7. The summed E-state index contributed by atoms with van der Waals surface area (Å²) in [6.07, 6.45) is -2.30. The SMILES string of the molecule is C=CCCc1cc(F)c(C(F)(F)Oc2ccc3c(F)c(F)c(F)cc3c2)c(F)c1. The summed E-state index contributed by atoms with van der Waals surface area (Å²) in [5.41, 5.74) is -1.44. The number of benzene rings is 3. The van der Waals surface area contributed by atoms with E-state index in [4.69, 9.17) is 0 Å². The zero-order valence-electron chi connectivity index (χ0n) is 14.7. The van der Waals surface area contributed by atoms with Gasteiger partial charge in [0.05, 0.1) is 0 Å². The average molecular weight is 414 g/mol. The lowest BCUT2D eigenvalue weighted by Gasteiger charge is -2.20. The topological polar surface area (TPSA) is 9.23 Å². The van der Waals surface area contributed by atoms with Crippen LogP contribution in [-0.2, 0) is 12.5 Å². The molecule has 0 amide bonds. The third kappa shape index (κ3) is 4.06. The van der Waals surface area contributed by atoms with E-state index in [1.807, 2.05) is 0 Å². The third-order valence-corrected chi connectivity index (χ3v) is 4.22. The zero-order chi connectivity index (χ0) is 21.3. The van der Waals surface area contributed by atoms with E-state index in [0.717, 1.165) is 30.3 Å². The molecule has 0 unspecified atom stereocenters. The summed E-state index contributed by atoms with van der Waals surface area (Å²) in [6.45, 7) is 3.47. The quantitative estimate of drug-likeness (QED) is 0.245. The van der Waals surface area contributed by atoms with Crippen molar-refractivity contribution >= 4 is 10.8 Å². The number of fused-ring (bicyclic) bond motifs is 1. The van der Waals surface area contributed by atoms with Crippen molar-refractivity contribution in [3.8, 4) is 5.75 Å². The van der Waals surface area contributed by atoms with Crippen LogP contribution in [0.15, 0.2) is 49.1 Å². The molecule has 0 aliphatic rings. The predicted molar refractivity (Wildman–Crippen MR) is 93.2 cm³/mol. The third-order valence-electron chi connectivity index (χ3n) is 4.22. The number of ether oxygens (including phenoxy) is 1. The Bertz CT molecular complexity index is 1070. The minimum atomic E-state index is -4.42. The van der Waals surface area contributed by atoms with E-state index in [9.17, 15) is 30.7 Å². The highest BCUT2D eigenvalue weighted by molar-refractivity contribution is 5.84. The molecule has 0 aliphatic carbocycles. The van der Waals surface area contributed by atoms with Gasteiger partial charge in [-0.3, -0.25) is 0 Å². The Hall–Kier alpha value is -3.03. The fourth-order valence-corrected chi connectivity index (χ4v) is 2.86. The molecule has 152 valence electrons. The number of rotatable bonds is 6. The van der Waals surface area contributed by atoms with Gasteiger partial charge in [-0.05, 0) is 60.2 Å². The second-order valence-electron chi connectivity index (χ2n) is 6.25. The first-order valence-corrected chi connectivity index (χ1v) is 8.37. The summed E-state index contributed by atoms with van der Waals surface area (Å²) in [4.78, 5) is 0. The molecule has 0 saturated heterocycles. The Balaban J connectivity index is 1.97. The molecular weight excluding hydrogens is 401 g/mol. The lowest BCUT2D eigenvalue weighted by Crippen LogP contribution is -2.25. The van der Waals surface area contributed by atoms with E-state index in [1.54, 1.807) is 0 Å². The molecule has 3 aromatic rings.